The molecule has 102 valence electrons. The van der Waals surface area contributed by atoms with Crippen molar-refractivity contribution in [3.8, 4) is 0 Å². The van der Waals surface area contributed by atoms with Crippen LogP contribution in [0.5, 0.6) is 0 Å². The smallest absolute Gasteiger partial charge is 0.324 e. The van der Waals surface area contributed by atoms with E-state index in [1.165, 1.54) is 0 Å². The Hall–Kier alpha value is -1.63. The Balaban J connectivity index is 2.76. The number of amides is 3. The number of likely N-dealkylation sites (tertiary alicyclic amines) is 1. The van der Waals surface area contributed by atoms with E-state index < -0.39 is 23.4 Å². The maximum atomic E-state index is 11.5. The Morgan fingerprint density at radius 1 is 1.44 bits per heavy atom. The molecule has 1 rings (SSSR count). The summed E-state index contributed by atoms with van der Waals surface area (Å²) in [4.78, 5) is 35.1. The Morgan fingerprint density at radius 3 is 2.61 bits per heavy atom. The maximum Gasteiger partial charge on any atom is 0.324 e. The van der Waals surface area contributed by atoms with Crippen LogP contribution in [0.15, 0.2) is 0 Å². The summed E-state index contributed by atoms with van der Waals surface area (Å²) in [7, 11) is 0. The first-order valence-electron chi connectivity index (χ1n) is 6.00. The molecule has 0 aromatic heterocycles. The number of nitrogens with two attached hydrogens (primary N) is 1. The highest BCUT2D eigenvalue weighted by atomic mass is 16.4. The molecular weight excluding hydrogens is 238 g/mol. The molecule has 1 heterocycles. The third kappa shape index (κ3) is 2.98. The second-order valence-corrected chi connectivity index (χ2v) is 4.52. The predicted molar refractivity (Wildman–Crippen MR) is 63.8 cm³/mol. The Labute approximate surface area is 105 Å². The largest absolute Gasteiger partial charge is 0.480 e. The summed E-state index contributed by atoms with van der Waals surface area (Å²) in [5.74, 6) is -1.47. The number of carbonyl (C=O) groups is 3. The van der Waals surface area contributed by atoms with Gasteiger partial charge in [-0.3, -0.25) is 19.8 Å². The number of carboxylic acid groups (broad SMARTS) is 1. The van der Waals surface area contributed by atoms with E-state index in [0.717, 1.165) is 12.8 Å². The zero-order chi connectivity index (χ0) is 13.8. The number of primary amides is 1. The topological polar surface area (TPSA) is 113 Å². The van der Waals surface area contributed by atoms with Crippen LogP contribution in [-0.2, 0) is 9.59 Å². The highest BCUT2D eigenvalue weighted by Crippen LogP contribution is 2.33. The fourth-order valence-electron chi connectivity index (χ4n) is 2.56. The molecule has 0 spiro atoms. The van der Waals surface area contributed by atoms with Crippen molar-refractivity contribution < 1.29 is 19.5 Å². The van der Waals surface area contributed by atoms with Crippen molar-refractivity contribution in [3.05, 3.63) is 0 Å². The van der Waals surface area contributed by atoms with Gasteiger partial charge < -0.3 is 10.8 Å². The average Bonchev–Trinajstić information content (AvgIpc) is 2.62. The van der Waals surface area contributed by atoms with Crippen LogP contribution in [0.2, 0.25) is 0 Å². The van der Waals surface area contributed by atoms with Crippen molar-refractivity contribution in [1.82, 2.24) is 10.2 Å². The molecule has 4 N–H and O–H groups in total. The molecule has 0 aromatic rings. The number of hydrogen-bond donors (Lipinski definition) is 3. The van der Waals surface area contributed by atoms with Gasteiger partial charge in [-0.2, -0.15) is 0 Å². The van der Waals surface area contributed by atoms with Gasteiger partial charge in [0.25, 0.3) is 0 Å². The van der Waals surface area contributed by atoms with Crippen LogP contribution < -0.4 is 11.1 Å². The lowest BCUT2D eigenvalue weighted by atomic mass is 9.90. The summed E-state index contributed by atoms with van der Waals surface area (Å²) < 4.78 is 0. The molecule has 18 heavy (non-hydrogen) atoms. The number of imide groups is 1. The van der Waals surface area contributed by atoms with E-state index in [4.69, 9.17) is 5.73 Å². The molecule has 1 fully saturated rings. The van der Waals surface area contributed by atoms with E-state index >= 15 is 0 Å². The van der Waals surface area contributed by atoms with Crippen molar-refractivity contribution in [3.63, 3.8) is 0 Å². The quantitative estimate of drug-likeness (QED) is 0.636. The van der Waals surface area contributed by atoms with E-state index in [9.17, 15) is 19.5 Å². The number of aliphatic carboxylic acids is 1. The molecule has 1 aliphatic rings. The molecule has 0 radical (unpaired) electrons. The standard InChI is InChI=1S/C11H19N3O4/c1-2-4-11(9(16)17)5-3-6-14(11)7-8(15)13-10(12)18/h2-7H2,1H3,(H,16,17)(H3,12,13,15,18). The first-order chi connectivity index (χ1) is 8.42. The van der Waals surface area contributed by atoms with Crippen LogP contribution in [0.25, 0.3) is 0 Å². The van der Waals surface area contributed by atoms with E-state index in [0.29, 0.717) is 19.4 Å². The number of carbonyl (C=O) groups excluding carboxylic acids is 2. The van der Waals surface area contributed by atoms with Crippen LogP contribution in [0.4, 0.5) is 4.79 Å². The van der Waals surface area contributed by atoms with Gasteiger partial charge in [0.05, 0.1) is 6.54 Å². The molecule has 0 aliphatic carbocycles. The maximum absolute atomic E-state index is 11.5. The van der Waals surface area contributed by atoms with Crippen molar-refractivity contribution in [1.29, 1.82) is 0 Å². The summed E-state index contributed by atoms with van der Waals surface area (Å²) in [6.07, 6.45) is 2.47. The average molecular weight is 257 g/mol. The van der Waals surface area contributed by atoms with Gasteiger partial charge >= 0.3 is 12.0 Å². The molecule has 0 saturated carbocycles. The minimum atomic E-state index is -0.982. The molecule has 1 saturated heterocycles. The SMILES string of the molecule is CCCC1(C(=O)O)CCCN1CC(=O)NC(N)=O. The minimum absolute atomic E-state index is 0.116. The lowest BCUT2D eigenvalue weighted by Crippen LogP contribution is -2.54. The van der Waals surface area contributed by atoms with E-state index in [1.807, 2.05) is 12.2 Å². The molecular formula is C11H19N3O4. The van der Waals surface area contributed by atoms with E-state index in [2.05, 4.69) is 0 Å². The van der Waals surface area contributed by atoms with Crippen LogP contribution in [0.3, 0.4) is 0 Å². The Bertz CT molecular complexity index is 358. The number of carboxylic acids is 1. The van der Waals surface area contributed by atoms with Crippen LogP contribution in [0, 0.1) is 0 Å². The first-order valence-corrected chi connectivity index (χ1v) is 6.00. The molecule has 0 aromatic carbocycles. The number of nitrogens with zero attached hydrogens (tertiary/aromatic N) is 1. The second-order valence-electron chi connectivity index (χ2n) is 4.52. The van der Waals surface area contributed by atoms with Crippen molar-refractivity contribution in [2.45, 2.75) is 38.1 Å². The molecule has 7 nitrogen and oxygen atoms in total. The highest BCUT2D eigenvalue weighted by Gasteiger charge is 2.47. The number of urea groups is 1. The summed E-state index contributed by atoms with van der Waals surface area (Å²) in [5.41, 5.74) is 3.87. The van der Waals surface area contributed by atoms with E-state index in [-0.39, 0.29) is 6.54 Å². The normalized spacial score (nSPS) is 23.8. The van der Waals surface area contributed by atoms with Crippen molar-refractivity contribution in [2.24, 2.45) is 5.73 Å². The molecule has 1 aliphatic heterocycles. The molecule has 0 bridgehead atoms. The van der Waals surface area contributed by atoms with Crippen molar-refractivity contribution >= 4 is 17.9 Å². The van der Waals surface area contributed by atoms with Gasteiger partial charge in [0.2, 0.25) is 5.91 Å². The monoisotopic (exact) mass is 257 g/mol. The van der Waals surface area contributed by atoms with Crippen molar-refractivity contribution in [2.75, 3.05) is 13.1 Å². The zero-order valence-electron chi connectivity index (χ0n) is 10.4. The van der Waals surface area contributed by atoms with Gasteiger partial charge in [0, 0.05) is 0 Å². The number of hydrogen-bond acceptors (Lipinski definition) is 4. The van der Waals surface area contributed by atoms with Gasteiger partial charge in [0.1, 0.15) is 5.54 Å². The number of nitrogens with one attached hydrogen (secondary N) is 1. The number of rotatable bonds is 5. The molecule has 3 amide bonds. The van der Waals surface area contributed by atoms with Gasteiger partial charge in [-0.15, -0.1) is 0 Å². The predicted octanol–water partition coefficient (Wildman–Crippen LogP) is -0.0994. The zero-order valence-corrected chi connectivity index (χ0v) is 10.4. The molecule has 1 unspecified atom stereocenters. The van der Waals surface area contributed by atoms with Crippen LogP contribution in [0.1, 0.15) is 32.6 Å². The Kier molecular flexibility index (Phi) is 4.66. The lowest BCUT2D eigenvalue weighted by molar-refractivity contribution is -0.150. The Morgan fingerprint density at radius 2 is 2.11 bits per heavy atom. The third-order valence-electron chi connectivity index (χ3n) is 3.28. The first kappa shape index (κ1) is 14.4. The lowest BCUT2D eigenvalue weighted by Gasteiger charge is -2.33. The van der Waals surface area contributed by atoms with Gasteiger partial charge in [-0.25, -0.2) is 4.79 Å². The van der Waals surface area contributed by atoms with Gasteiger partial charge in [-0.05, 0) is 25.8 Å². The van der Waals surface area contributed by atoms with Crippen LogP contribution >= 0.6 is 0 Å². The molecule has 7 heteroatoms. The van der Waals surface area contributed by atoms with Gasteiger partial charge in [0.15, 0.2) is 0 Å². The summed E-state index contributed by atoms with van der Waals surface area (Å²) in [5, 5.41) is 11.3. The summed E-state index contributed by atoms with van der Waals surface area (Å²) in [6, 6.07) is -0.921. The highest BCUT2D eigenvalue weighted by molar-refractivity contribution is 5.94. The van der Waals surface area contributed by atoms with Gasteiger partial charge in [-0.1, -0.05) is 13.3 Å². The van der Waals surface area contributed by atoms with Crippen LogP contribution in [-0.4, -0.2) is 46.5 Å². The fraction of sp³-hybridized carbons (Fsp3) is 0.727. The molecule has 1 atom stereocenters. The fourth-order valence-corrected chi connectivity index (χ4v) is 2.56. The third-order valence-corrected chi connectivity index (χ3v) is 3.28. The summed E-state index contributed by atoms with van der Waals surface area (Å²) in [6.45, 7) is 2.33. The summed E-state index contributed by atoms with van der Waals surface area (Å²) >= 11 is 0. The van der Waals surface area contributed by atoms with E-state index in [1.54, 1.807) is 4.90 Å². The minimum Gasteiger partial charge on any atom is -0.480 e. The second kappa shape index (κ2) is 5.81.